The van der Waals surface area contributed by atoms with Crippen LogP contribution in [0.2, 0.25) is 0 Å². The summed E-state index contributed by atoms with van der Waals surface area (Å²) >= 11 is 0. The summed E-state index contributed by atoms with van der Waals surface area (Å²) in [4.78, 5) is 11.5. The van der Waals surface area contributed by atoms with Crippen molar-refractivity contribution in [2.45, 2.75) is 25.4 Å². The molecule has 1 unspecified atom stereocenters. The van der Waals surface area contributed by atoms with Crippen molar-refractivity contribution in [2.24, 2.45) is 0 Å². The summed E-state index contributed by atoms with van der Waals surface area (Å²) in [6.07, 6.45) is 4.77. The van der Waals surface area contributed by atoms with E-state index in [0.29, 0.717) is 25.5 Å². The highest BCUT2D eigenvalue weighted by molar-refractivity contribution is 5.91. The number of hydrogen-bond acceptors (Lipinski definition) is 4. The van der Waals surface area contributed by atoms with Crippen molar-refractivity contribution in [1.29, 1.82) is 0 Å². The van der Waals surface area contributed by atoms with Gasteiger partial charge in [0, 0.05) is 19.8 Å². The van der Waals surface area contributed by atoms with E-state index in [1.54, 1.807) is 12.1 Å². The second-order valence-electron chi connectivity index (χ2n) is 4.30. The number of amides is 1. The molecule has 0 radical (unpaired) electrons. The molecule has 2 heterocycles. The van der Waals surface area contributed by atoms with Crippen LogP contribution in [0.3, 0.4) is 0 Å². The fourth-order valence-corrected chi connectivity index (χ4v) is 1.86. The molecule has 1 aliphatic rings. The smallest absolute Gasteiger partial charge is 0.286 e. The first-order chi connectivity index (χ1) is 8.86. The Bertz CT molecular complexity index is 344. The Kier molecular flexibility index (Phi) is 5.23. The van der Waals surface area contributed by atoms with Crippen molar-refractivity contribution in [3.8, 4) is 0 Å². The van der Waals surface area contributed by atoms with Crippen molar-refractivity contribution in [2.75, 3.05) is 26.4 Å². The highest BCUT2D eigenvalue weighted by atomic mass is 16.5. The maximum Gasteiger partial charge on any atom is 0.286 e. The lowest BCUT2D eigenvalue weighted by molar-refractivity contribution is 0.0166. The fraction of sp³-hybridized carbons (Fsp3) is 0.615. The number of nitrogens with one attached hydrogen (secondary N) is 1. The van der Waals surface area contributed by atoms with Gasteiger partial charge in [0.2, 0.25) is 0 Å². The molecule has 1 atom stereocenters. The second kappa shape index (κ2) is 7.18. The highest BCUT2D eigenvalue weighted by Crippen LogP contribution is 2.11. The predicted molar refractivity (Wildman–Crippen MR) is 65.5 cm³/mol. The van der Waals surface area contributed by atoms with Gasteiger partial charge in [0.15, 0.2) is 5.76 Å². The summed E-state index contributed by atoms with van der Waals surface area (Å²) in [7, 11) is 0. The summed E-state index contributed by atoms with van der Waals surface area (Å²) in [6, 6.07) is 3.34. The lowest BCUT2D eigenvalue weighted by Crippen LogP contribution is -2.25. The van der Waals surface area contributed by atoms with Gasteiger partial charge >= 0.3 is 0 Å². The van der Waals surface area contributed by atoms with Gasteiger partial charge in [-0.3, -0.25) is 4.79 Å². The van der Waals surface area contributed by atoms with Crippen LogP contribution in [0.15, 0.2) is 22.8 Å². The molecule has 2 rings (SSSR count). The summed E-state index contributed by atoms with van der Waals surface area (Å²) in [5.74, 6) is 0.161. The molecule has 5 nitrogen and oxygen atoms in total. The largest absolute Gasteiger partial charge is 0.459 e. The van der Waals surface area contributed by atoms with E-state index in [-0.39, 0.29) is 12.0 Å². The molecule has 1 aliphatic heterocycles. The van der Waals surface area contributed by atoms with Gasteiger partial charge in [-0.05, 0) is 31.4 Å². The van der Waals surface area contributed by atoms with Crippen LogP contribution >= 0.6 is 0 Å². The van der Waals surface area contributed by atoms with Gasteiger partial charge in [-0.25, -0.2) is 0 Å². The molecule has 0 aliphatic carbocycles. The summed E-state index contributed by atoms with van der Waals surface area (Å²) in [5, 5.41) is 2.77. The number of carbonyl (C=O) groups is 1. The van der Waals surface area contributed by atoms with Crippen molar-refractivity contribution in [1.82, 2.24) is 5.32 Å². The normalized spacial score (nSPS) is 19.0. The van der Waals surface area contributed by atoms with Gasteiger partial charge in [-0.2, -0.15) is 0 Å². The Morgan fingerprint density at radius 1 is 1.56 bits per heavy atom. The van der Waals surface area contributed by atoms with E-state index in [1.165, 1.54) is 6.26 Å². The lowest BCUT2D eigenvalue weighted by Gasteiger charge is -2.10. The third-order valence-electron chi connectivity index (χ3n) is 2.82. The maximum absolute atomic E-state index is 11.5. The van der Waals surface area contributed by atoms with Crippen LogP contribution in [0.25, 0.3) is 0 Å². The molecule has 1 amide bonds. The molecule has 1 N–H and O–H groups in total. The van der Waals surface area contributed by atoms with Crippen LogP contribution < -0.4 is 5.32 Å². The molecule has 1 saturated heterocycles. The first kappa shape index (κ1) is 13.1. The van der Waals surface area contributed by atoms with Gasteiger partial charge in [-0.1, -0.05) is 0 Å². The first-order valence-corrected chi connectivity index (χ1v) is 6.37. The van der Waals surface area contributed by atoms with Crippen molar-refractivity contribution < 1.29 is 18.7 Å². The fourth-order valence-electron chi connectivity index (χ4n) is 1.86. The molecule has 0 aromatic carbocycles. The Hall–Kier alpha value is -1.33. The van der Waals surface area contributed by atoms with E-state index < -0.39 is 0 Å². The van der Waals surface area contributed by atoms with Crippen LogP contribution in [0.5, 0.6) is 0 Å². The van der Waals surface area contributed by atoms with E-state index in [0.717, 1.165) is 25.9 Å². The summed E-state index contributed by atoms with van der Waals surface area (Å²) < 4.78 is 15.9. The molecule has 18 heavy (non-hydrogen) atoms. The maximum atomic E-state index is 11.5. The Labute approximate surface area is 106 Å². The number of furan rings is 1. The number of carbonyl (C=O) groups excluding carboxylic acids is 1. The van der Waals surface area contributed by atoms with Gasteiger partial charge in [0.1, 0.15) is 0 Å². The Morgan fingerprint density at radius 3 is 3.22 bits per heavy atom. The van der Waals surface area contributed by atoms with Crippen LogP contribution in [0.1, 0.15) is 29.8 Å². The minimum absolute atomic E-state index is 0.181. The number of rotatable bonds is 7. The topological polar surface area (TPSA) is 60.7 Å². The third kappa shape index (κ3) is 4.16. The van der Waals surface area contributed by atoms with Gasteiger partial charge in [0.05, 0.1) is 19.0 Å². The minimum atomic E-state index is -0.181. The zero-order valence-electron chi connectivity index (χ0n) is 10.4. The zero-order valence-corrected chi connectivity index (χ0v) is 10.4. The predicted octanol–water partition coefficient (Wildman–Crippen LogP) is 1.60. The van der Waals surface area contributed by atoms with Crippen LogP contribution in [-0.2, 0) is 9.47 Å². The molecule has 1 aromatic heterocycles. The Morgan fingerprint density at radius 2 is 2.50 bits per heavy atom. The van der Waals surface area contributed by atoms with E-state index in [2.05, 4.69) is 5.32 Å². The van der Waals surface area contributed by atoms with Crippen molar-refractivity contribution in [3.63, 3.8) is 0 Å². The lowest BCUT2D eigenvalue weighted by atomic mass is 10.2. The van der Waals surface area contributed by atoms with Crippen molar-refractivity contribution >= 4 is 5.91 Å². The standard InChI is InChI=1S/C13H19NO4/c15-13(12-5-2-9-18-12)14-6-3-7-16-10-11-4-1-8-17-11/h2,5,9,11H,1,3-4,6-8,10H2,(H,14,15). The van der Waals surface area contributed by atoms with Crippen LogP contribution in [0.4, 0.5) is 0 Å². The SMILES string of the molecule is O=C(NCCCOCC1CCCO1)c1ccco1. The number of ether oxygens (including phenoxy) is 2. The van der Waals surface area contributed by atoms with E-state index in [9.17, 15) is 4.79 Å². The van der Waals surface area contributed by atoms with E-state index in [1.807, 2.05) is 0 Å². The highest BCUT2D eigenvalue weighted by Gasteiger charge is 2.14. The summed E-state index contributed by atoms with van der Waals surface area (Å²) in [5.41, 5.74) is 0. The molecular formula is C13H19NO4. The number of hydrogen-bond donors (Lipinski definition) is 1. The third-order valence-corrected chi connectivity index (χ3v) is 2.82. The monoisotopic (exact) mass is 253 g/mol. The van der Waals surface area contributed by atoms with E-state index in [4.69, 9.17) is 13.9 Å². The molecule has 1 fully saturated rings. The van der Waals surface area contributed by atoms with Gasteiger partial charge < -0.3 is 19.2 Å². The molecule has 0 saturated carbocycles. The van der Waals surface area contributed by atoms with Crippen molar-refractivity contribution in [3.05, 3.63) is 24.2 Å². The quantitative estimate of drug-likeness (QED) is 0.750. The molecular weight excluding hydrogens is 234 g/mol. The molecule has 0 spiro atoms. The van der Waals surface area contributed by atoms with Crippen LogP contribution in [0, 0.1) is 0 Å². The first-order valence-electron chi connectivity index (χ1n) is 6.37. The molecule has 100 valence electrons. The van der Waals surface area contributed by atoms with E-state index >= 15 is 0 Å². The second-order valence-corrected chi connectivity index (χ2v) is 4.30. The molecule has 5 heteroatoms. The average molecular weight is 253 g/mol. The van der Waals surface area contributed by atoms with Gasteiger partial charge in [0.25, 0.3) is 5.91 Å². The molecule has 0 bridgehead atoms. The summed E-state index contributed by atoms with van der Waals surface area (Å²) in [6.45, 7) is 2.74. The Balaban J connectivity index is 1.47. The minimum Gasteiger partial charge on any atom is -0.459 e. The average Bonchev–Trinajstić information content (AvgIpc) is 3.05. The molecule has 1 aromatic rings. The zero-order chi connectivity index (χ0) is 12.6. The van der Waals surface area contributed by atoms with Crippen LogP contribution in [-0.4, -0.2) is 38.4 Å². The van der Waals surface area contributed by atoms with Gasteiger partial charge in [-0.15, -0.1) is 0 Å².